The van der Waals surface area contributed by atoms with Gasteiger partial charge in [0, 0.05) is 12.6 Å². The molecule has 1 aromatic carbocycles. The number of rotatable bonds is 2. The molecule has 1 atom stereocenters. The SMILES string of the molecule is Cc1cccc(C2CCCN2C(=O)NC2CCCC2)c1. The van der Waals surface area contributed by atoms with Crippen LogP contribution in [0.3, 0.4) is 0 Å². The van der Waals surface area contributed by atoms with Gasteiger partial charge in [0.1, 0.15) is 0 Å². The first-order valence-electron chi connectivity index (χ1n) is 7.88. The Bertz CT molecular complexity index is 480. The van der Waals surface area contributed by atoms with Crippen molar-refractivity contribution in [1.82, 2.24) is 10.2 Å². The highest BCUT2D eigenvalue weighted by Crippen LogP contribution is 2.32. The molecule has 0 aromatic heterocycles. The van der Waals surface area contributed by atoms with Crippen LogP contribution in [0.5, 0.6) is 0 Å². The number of hydrogen-bond acceptors (Lipinski definition) is 1. The van der Waals surface area contributed by atoms with Crippen LogP contribution in [-0.4, -0.2) is 23.5 Å². The van der Waals surface area contributed by atoms with E-state index in [1.54, 1.807) is 0 Å². The normalized spacial score (nSPS) is 23.2. The molecule has 1 aromatic rings. The summed E-state index contributed by atoms with van der Waals surface area (Å²) in [6.07, 6.45) is 7.00. The summed E-state index contributed by atoms with van der Waals surface area (Å²) in [5.41, 5.74) is 2.55. The summed E-state index contributed by atoms with van der Waals surface area (Å²) in [4.78, 5) is 14.5. The van der Waals surface area contributed by atoms with E-state index in [0.717, 1.165) is 32.2 Å². The van der Waals surface area contributed by atoms with Crippen LogP contribution in [0, 0.1) is 6.92 Å². The number of nitrogens with zero attached hydrogens (tertiary/aromatic N) is 1. The fourth-order valence-electron chi connectivity index (χ4n) is 3.56. The summed E-state index contributed by atoms with van der Waals surface area (Å²) in [5, 5.41) is 3.22. The molecule has 1 N–H and O–H groups in total. The lowest BCUT2D eigenvalue weighted by atomic mass is 10.0. The van der Waals surface area contributed by atoms with Crippen molar-refractivity contribution in [3.05, 3.63) is 35.4 Å². The van der Waals surface area contributed by atoms with Crippen LogP contribution in [0.4, 0.5) is 4.79 Å². The van der Waals surface area contributed by atoms with Gasteiger partial charge in [0.25, 0.3) is 0 Å². The number of aryl methyl sites for hydroxylation is 1. The lowest BCUT2D eigenvalue weighted by Crippen LogP contribution is -2.43. The van der Waals surface area contributed by atoms with Crippen LogP contribution in [0.2, 0.25) is 0 Å². The van der Waals surface area contributed by atoms with E-state index in [1.165, 1.54) is 24.0 Å². The van der Waals surface area contributed by atoms with Crippen molar-refractivity contribution in [2.45, 2.75) is 57.5 Å². The number of urea groups is 1. The van der Waals surface area contributed by atoms with E-state index in [4.69, 9.17) is 0 Å². The van der Waals surface area contributed by atoms with Gasteiger partial charge in [-0.1, -0.05) is 42.7 Å². The first-order chi connectivity index (χ1) is 9.74. The largest absolute Gasteiger partial charge is 0.335 e. The molecule has 1 aliphatic heterocycles. The number of likely N-dealkylation sites (tertiary alicyclic amines) is 1. The Morgan fingerprint density at radius 3 is 2.75 bits per heavy atom. The Balaban J connectivity index is 1.70. The minimum absolute atomic E-state index is 0.140. The first kappa shape index (κ1) is 13.5. The number of carbonyl (C=O) groups excluding carboxylic acids is 1. The first-order valence-corrected chi connectivity index (χ1v) is 7.88. The molecule has 108 valence electrons. The summed E-state index contributed by atoms with van der Waals surface area (Å²) >= 11 is 0. The topological polar surface area (TPSA) is 32.3 Å². The molecule has 20 heavy (non-hydrogen) atoms. The lowest BCUT2D eigenvalue weighted by molar-refractivity contribution is 0.189. The van der Waals surface area contributed by atoms with E-state index in [-0.39, 0.29) is 12.1 Å². The highest BCUT2D eigenvalue weighted by Gasteiger charge is 2.31. The summed E-state index contributed by atoms with van der Waals surface area (Å²) in [6, 6.07) is 9.38. The van der Waals surface area contributed by atoms with Gasteiger partial charge in [-0.05, 0) is 38.2 Å². The van der Waals surface area contributed by atoms with Gasteiger partial charge >= 0.3 is 6.03 Å². The number of amides is 2. The van der Waals surface area contributed by atoms with Gasteiger partial charge in [0.05, 0.1) is 6.04 Å². The Labute approximate surface area is 121 Å². The van der Waals surface area contributed by atoms with E-state index in [9.17, 15) is 4.79 Å². The van der Waals surface area contributed by atoms with Gasteiger partial charge in [-0.15, -0.1) is 0 Å². The van der Waals surface area contributed by atoms with Gasteiger partial charge in [0.2, 0.25) is 0 Å². The van der Waals surface area contributed by atoms with E-state index in [2.05, 4.69) is 36.5 Å². The third-order valence-corrected chi connectivity index (χ3v) is 4.62. The molecule has 3 nitrogen and oxygen atoms in total. The van der Waals surface area contributed by atoms with Crippen molar-refractivity contribution in [2.75, 3.05) is 6.54 Å². The third-order valence-electron chi connectivity index (χ3n) is 4.62. The molecule has 0 spiro atoms. The average molecular weight is 272 g/mol. The monoisotopic (exact) mass is 272 g/mol. The minimum atomic E-state index is 0.140. The molecule has 1 saturated heterocycles. The zero-order valence-corrected chi connectivity index (χ0v) is 12.3. The van der Waals surface area contributed by atoms with Gasteiger partial charge in [-0.25, -0.2) is 4.79 Å². The fourth-order valence-corrected chi connectivity index (χ4v) is 3.56. The number of hydrogen-bond donors (Lipinski definition) is 1. The summed E-state index contributed by atoms with van der Waals surface area (Å²) in [7, 11) is 0. The number of carbonyl (C=O) groups is 1. The highest BCUT2D eigenvalue weighted by atomic mass is 16.2. The molecular weight excluding hydrogens is 248 g/mol. The second-order valence-electron chi connectivity index (χ2n) is 6.20. The number of benzene rings is 1. The van der Waals surface area contributed by atoms with Gasteiger partial charge in [0.15, 0.2) is 0 Å². The minimum Gasteiger partial charge on any atom is -0.335 e. The summed E-state index contributed by atoms with van der Waals surface area (Å²) < 4.78 is 0. The second-order valence-corrected chi connectivity index (χ2v) is 6.20. The van der Waals surface area contributed by atoms with Crippen LogP contribution in [0.1, 0.15) is 55.7 Å². The quantitative estimate of drug-likeness (QED) is 0.873. The molecule has 1 saturated carbocycles. The Morgan fingerprint density at radius 2 is 2.00 bits per heavy atom. The summed E-state index contributed by atoms with van der Waals surface area (Å²) in [5.74, 6) is 0. The molecule has 1 unspecified atom stereocenters. The molecule has 0 bridgehead atoms. The van der Waals surface area contributed by atoms with Crippen molar-refractivity contribution < 1.29 is 4.79 Å². The third kappa shape index (κ3) is 2.82. The average Bonchev–Trinajstić information content (AvgIpc) is 3.09. The fraction of sp³-hybridized carbons (Fsp3) is 0.588. The summed E-state index contributed by atoms with van der Waals surface area (Å²) in [6.45, 7) is 3.00. The maximum atomic E-state index is 12.5. The second kappa shape index (κ2) is 5.86. The van der Waals surface area contributed by atoms with Crippen molar-refractivity contribution in [3.8, 4) is 0 Å². The van der Waals surface area contributed by atoms with E-state index < -0.39 is 0 Å². The van der Waals surface area contributed by atoms with Crippen molar-refractivity contribution >= 4 is 6.03 Å². The standard InChI is InChI=1S/C17H24N2O/c1-13-6-4-7-14(12-13)16-10-5-11-19(16)17(20)18-15-8-2-3-9-15/h4,6-7,12,15-16H,2-3,5,8-11H2,1H3,(H,18,20). The Hall–Kier alpha value is -1.51. The molecular formula is C17H24N2O. The van der Waals surface area contributed by atoms with Gasteiger partial charge in [-0.2, -0.15) is 0 Å². The molecule has 1 heterocycles. The van der Waals surface area contributed by atoms with Crippen LogP contribution in [-0.2, 0) is 0 Å². The molecule has 0 radical (unpaired) electrons. The van der Waals surface area contributed by atoms with Crippen LogP contribution in [0.25, 0.3) is 0 Å². The maximum Gasteiger partial charge on any atom is 0.318 e. The number of nitrogens with one attached hydrogen (secondary N) is 1. The van der Waals surface area contributed by atoms with E-state index in [1.807, 2.05) is 4.90 Å². The molecule has 2 fully saturated rings. The Morgan fingerprint density at radius 1 is 1.20 bits per heavy atom. The predicted octanol–water partition coefficient (Wildman–Crippen LogP) is 3.78. The van der Waals surface area contributed by atoms with Gasteiger partial charge < -0.3 is 10.2 Å². The molecule has 2 amide bonds. The zero-order chi connectivity index (χ0) is 13.9. The highest BCUT2D eigenvalue weighted by molar-refractivity contribution is 5.75. The van der Waals surface area contributed by atoms with E-state index in [0.29, 0.717) is 6.04 Å². The predicted molar refractivity (Wildman–Crippen MR) is 80.6 cm³/mol. The van der Waals surface area contributed by atoms with Crippen molar-refractivity contribution in [3.63, 3.8) is 0 Å². The van der Waals surface area contributed by atoms with E-state index >= 15 is 0 Å². The smallest absolute Gasteiger partial charge is 0.318 e. The molecule has 2 aliphatic rings. The van der Waals surface area contributed by atoms with Gasteiger partial charge in [-0.3, -0.25) is 0 Å². The van der Waals surface area contributed by atoms with Crippen LogP contribution in [0.15, 0.2) is 24.3 Å². The Kier molecular flexibility index (Phi) is 3.95. The van der Waals surface area contributed by atoms with Crippen molar-refractivity contribution in [2.24, 2.45) is 0 Å². The van der Waals surface area contributed by atoms with Crippen LogP contribution >= 0.6 is 0 Å². The molecule has 1 aliphatic carbocycles. The van der Waals surface area contributed by atoms with Crippen molar-refractivity contribution in [1.29, 1.82) is 0 Å². The molecule has 3 rings (SSSR count). The lowest BCUT2D eigenvalue weighted by Gasteiger charge is -2.27. The zero-order valence-electron chi connectivity index (χ0n) is 12.3. The molecule has 3 heteroatoms. The van der Waals surface area contributed by atoms with Crippen LogP contribution < -0.4 is 5.32 Å². The maximum absolute atomic E-state index is 12.5.